The predicted molar refractivity (Wildman–Crippen MR) is 155 cm³/mol. The van der Waals surface area contributed by atoms with Gasteiger partial charge in [0, 0.05) is 11.6 Å². The van der Waals surface area contributed by atoms with E-state index in [4.69, 9.17) is 25.8 Å². The van der Waals surface area contributed by atoms with Gasteiger partial charge < -0.3 is 19.1 Å². The monoisotopic (exact) mass is 580 g/mol. The van der Waals surface area contributed by atoms with E-state index in [0.29, 0.717) is 41.2 Å². The highest BCUT2D eigenvalue weighted by Crippen LogP contribution is 2.39. The quantitative estimate of drug-likeness (QED) is 0.216. The summed E-state index contributed by atoms with van der Waals surface area (Å²) < 4.78 is 17.4. The number of ether oxygens (including phenoxy) is 3. The van der Waals surface area contributed by atoms with Crippen molar-refractivity contribution >= 4 is 29.5 Å². The van der Waals surface area contributed by atoms with Crippen LogP contribution in [-0.4, -0.2) is 52.0 Å². The molecule has 10 heteroatoms. The summed E-state index contributed by atoms with van der Waals surface area (Å²) in [6, 6.07) is 15.6. The van der Waals surface area contributed by atoms with E-state index in [1.165, 1.54) is 11.8 Å². The number of halogens is 1. The Hall–Kier alpha value is -3.48. The maximum absolute atomic E-state index is 12.2. The molecule has 0 unspecified atom stereocenters. The summed E-state index contributed by atoms with van der Waals surface area (Å²) in [6.45, 7) is 10.7. The fraction of sp³-hybridized carbons (Fsp3) is 0.400. The van der Waals surface area contributed by atoms with Crippen molar-refractivity contribution in [2.24, 2.45) is 0 Å². The molecule has 2 heterocycles. The minimum Gasteiger partial charge on any atom is -0.487 e. The Balaban J connectivity index is 1.43. The summed E-state index contributed by atoms with van der Waals surface area (Å²) in [5.41, 5.74) is 2.06. The van der Waals surface area contributed by atoms with Crippen LogP contribution in [0.25, 0.3) is 0 Å². The molecule has 0 spiro atoms. The van der Waals surface area contributed by atoms with Crippen molar-refractivity contribution in [1.82, 2.24) is 14.9 Å². The second-order valence-corrected chi connectivity index (χ2v) is 12.2. The van der Waals surface area contributed by atoms with E-state index < -0.39 is 11.0 Å². The third kappa shape index (κ3) is 6.98. The lowest BCUT2D eigenvalue weighted by Gasteiger charge is -2.39. The molecule has 4 rings (SSSR count). The van der Waals surface area contributed by atoms with E-state index in [1.54, 1.807) is 11.1 Å². The van der Waals surface area contributed by atoms with Crippen molar-refractivity contribution in [3.8, 4) is 17.6 Å². The molecular formula is C30H33ClN4O4S. The summed E-state index contributed by atoms with van der Waals surface area (Å²) in [4.78, 5) is 22.4. The number of carbonyl (C=O) groups excluding carboxylic acids is 1. The number of rotatable bonds is 8. The molecular weight excluding hydrogens is 548 g/mol. The van der Waals surface area contributed by atoms with Gasteiger partial charge in [-0.15, -0.1) is 0 Å². The van der Waals surface area contributed by atoms with E-state index in [9.17, 15) is 10.1 Å². The third-order valence-electron chi connectivity index (χ3n) is 6.51. The first-order chi connectivity index (χ1) is 18.9. The van der Waals surface area contributed by atoms with E-state index in [-0.39, 0.29) is 12.2 Å². The maximum atomic E-state index is 12.2. The molecule has 0 N–H and O–H groups in total. The SMILES string of the molecule is CSc1nccc(COc2ccc(C(C)(C)c3cc(Cl)c(OC4CN(C(=O)OC(C)(C)C)C4)c(C#N)c3)cc2)n1. The number of likely N-dealkylation sites (tertiary alicyclic amines) is 1. The molecule has 0 aliphatic carbocycles. The maximum Gasteiger partial charge on any atom is 0.410 e. The molecule has 3 aromatic rings. The summed E-state index contributed by atoms with van der Waals surface area (Å²) >= 11 is 8.14. The molecule has 0 atom stereocenters. The molecule has 1 aliphatic rings. The number of hydrogen-bond acceptors (Lipinski definition) is 8. The van der Waals surface area contributed by atoms with Crippen LogP contribution in [0, 0.1) is 11.3 Å². The zero-order valence-corrected chi connectivity index (χ0v) is 25.1. The third-order valence-corrected chi connectivity index (χ3v) is 7.35. The molecule has 1 aromatic heterocycles. The zero-order chi connectivity index (χ0) is 29.1. The van der Waals surface area contributed by atoms with E-state index in [0.717, 1.165) is 22.6 Å². The van der Waals surface area contributed by atoms with Gasteiger partial charge in [0.05, 0.1) is 29.4 Å². The first-order valence-electron chi connectivity index (χ1n) is 12.9. The molecule has 1 fully saturated rings. The van der Waals surface area contributed by atoms with Crippen LogP contribution in [0.5, 0.6) is 11.5 Å². The highest BCUT2D eigenvalue weighted by Gasteiger charge is 2.36. The lowest BCUT2D eigenvalue weighted by Crippen LogP contribution is -2.57. The van der Waals surface area contributed by atoms with Crippen LogP contribution < -0.4 is 9.47 Å². The Bertz CT molecular complexity index is 1410. The second-order valence-electron chi connectivity index (χ2n) is 11.0. The van der Waals surface area contributed by atoms with Gasteiger partial charge in [-0.2, -0.15) is 5.26 Å². The molecule has 210 valence electrons. The van der Waals surface area contributed by atoms with Crippen molar-refractivity contribution in [3.63, 3.8) is 0 Å². The van der Waals surface area contributed by atoms with E-state index >= 15 is 0 Å². The van der Waals surface area contributed by atoms with Crippen molar-refractivity contribution in [2.75, 3.05) is 19.3 Å². The fourth-order valence-electron chi connectivity index (χ4n) is 4.16. The number of thioether (sulfide) groups is 1. The molecule has 2 aromatic carbocycles. The smallest absolute Gasteiger partial charge is 0.410 e. The molecule has 8 nitrogen and oxygen atoms in total. The second kappa shape index (κ2) is 11.9. The summed E-state index contributed by atoms with van der Waals surface area (Å²) in [7, 11) is 0. The highest BCUT2D eigenvalue weighted by atomic mass is 35.5. The molecule has 1 saturated heterocycles. The van der Waals surface area contributed by atoms with Gasteiger partial charge in [-0.25, -0.2) is 14.8 Å². The van der Waals surface area contributed by atoms with Crippen LogP contribution >= 0.6 is 23.4 Å². The van der Waals surface area contributed by atoms with Gasteiger partial charge in [-0.05, 0) is 68.5 Å². The summed E-state index contributed by atoms with van der Waals surface area (Å²) in [6.07, 6.45) is 3.01. The Labute approximate surface area is 244 Å². The number of nitriles is 1. The van der Waals surface area contributed by atoms with Crippen LogP contribution in [0.4, 0.5) is 4.79 Å². The number of carbonyl (C=O) groups is 1. The van der Waals surface area contributed by atoms with Gasteiger partial charge in [-0.1, -0.05) is 49.3 Å². The minimum absolute atomic E-state index is 0.266. The fourth-order valence-corrected chi connectivity index (χ4v) is 4.80. The lowest BCUT2D eigenvalue weighted by atomic mass is 9.77. The van der Waals surface area contributed by atoms with Crippen molar-refractivity contribution in [1.29, 1.82) is 5.26 Å². The largest absolute Gasteiger partial charge is 0.487 e. The predicted octanol–water partition coefficient (Wildman–Crippen LogP) is 6.63. The van der Waals surface area contributed by atoms with Crippen LogP contribution in [0.15, 0.2) is 53.8 Å². The van der Waals surface area contributed by atoms with Crippen molar-refractivity contribution in [3.05, 3.63) is 76.1 Å². The molecule has 0 saturated carbocycles. The number of nitrogens with zero attached hydrogens (tertiary/aromatic N) is 4. The summed E-state index contributed by atoms with van der Waals surface area (Å²) in [5.74, 6) is 1.06. The van der Waals surface area contributed by atoms with Crippen molar-refractivity contribution in [2.45, 2.75) is 63.5 Å². The molecule has 0 bridgehead atoms. The zero-order valence-electron chi connectivity index (χ0n) is 23.5. The van der Waals surface area contributed by atoms with Gasteiger partial charge in [-0.3, -0.25) is 0 Å². The van der Waals surface area contributed by atoms with E-state index in [1.807, 2.05) is 69.5 Å². The lowest BCUT2D eigenvalue weighted by molar-refractivity contribution is -0.0221. The number of hydrogen-bond donors (Lipinski definition) is 0. The van der Waals surface area contributed by atoms with Gasteiger partial charge in [0.2, 0.25) is 0 Å². The van der Waals surface area contributed by atoms with E-state index in [2.05, 4.69) is 29.9 Å². The van der Waals surface area contributed by atoms with Gasteiger partial charge in [0.15, 0.2) is 10.9 Å². The minimum atomic E-state index is -0.564. The number of aromatic nitrogens is 2. The van der Waals surface area contributed by atoms with Gasteiger partial charge in [0.25, 0.3) is 0 Å². The Morgan fingerprint density at radius 1 is 1.12 bits per heavy atom. The Morgan fingerprint density at radius 3 is 2.45 bits per heavy atom. The molecule has 0 radical (unpaired) electrons. The highest BCUT2D eigenvalue weighted by molar-refractivity contribution is 7.98. The average Bonchev–Trinajstić information content (AvgIpc) is 2.88. The molecule has 1 aliphatic heterocycles. The average molecular weight is 581 g/mol. The van der Waals surface area contributed by atoms with Gasteiger partial charge in [0.1, 0.15) is 30.1 Å². The molecule has 40 heavy (non-hydrogen) atoms. The van der Waals surface area contributed by atoms with Crippen LogP contribution in [-0.2, 0) is 16.8 Å². The number of benzene rings is 2. The first-order valence-corrected chi connectivity index (χ1v) is 14.5. The summed E-state index contributed by atoms with van der Waals surface area (Å²) in [5, 5.41) is 11.0. The topological polar surface area (TPSA) is 97.6 Å². The van der Waals surface area contributed by atoms with Gasteiger partial charge >= 0.3 is 6.09 Å². The van der Waals surface area contributed by atoms with Crippen LogP contribution in [0.2, 0.25) is 5.02 Å². The van der Waals surface area contributed by atoms with Crippen LogP contribution in [0.1, 0.15) is 57.0 Å². The first kappa shape index (κ1) is 29.5. The Morgan fingerprint density at radius 2 is 1.82 bits per heavy atom. The Kier molecular flexibility index (Phi) is 8.81. The number of amides is 1. The normalized spacial score (nSPS) is 13.8. The van der Waals surface area contributed by atoms with Crippen molar-refractivity contribution < 1.29 is 19.0 Å². The molecule has 1 amide bonds. The standard InChI is InChI=1S/C30H33ClN4O4S/c1-29(2,3)39-28(36)35-16-24(17-35)38-26-19(15-32)13-21(14-25(26)31)30(4,5)20-7-9-23(10-8-20)37-18-22-11-12-33-27(34-22)40-6/h7-14,24H,16-18H2,1-6H3. The van der Waals surface area contributed by atoms with Crippen LogP contribution in [0.3, 0.4) is 0 Å².